The number of rotatable bonds is 13. The Labute approximate surface area is 126 Å². The molecular weight excluding hydrogens is 272 g/mol. The summed E-state index contributed by atoms with van der Waals surface area (Å²) in [4.78, 5) is 4.34. The quantitative estimate of drug-likeness (QED) is 0.548. The number of aromatic nitrogens is 1. The van der Waals surface area contributed by atoms with Gasteiger partial charge in [-0.1, -0.05) is 6.07 Å². The van der Waals surface area contributed by atoms with Gasteiger partial charge >= 0.3 is 0 Å². The fourth-order valence-electron chi connectivity index (χ4n) is 1.61. The molecular formula is C15H26N2O4. The van der Waals surface area contributed by atoms with Gasteiger partial charge in [-0.3, -0.25) is 4.98 Å². The summed E-state index contributed by atoms with van der Waals surface area (Å²) in [6.45, 7) is 4.82. The molecule has 0 fully saturated rings. The summed E-state index contributed by atoms with van der Waals surface area (Å²) in [6.07, 6.45) is 1.86. The molecule has 0 aliphatic heterocycles. The first-order chi connectivity index (χ1) is 10.4. The molecule has 1 N–H and O–H groups in total. The second-order valence-electron chi connectivity index (χ2n) is 4.46. The Kier molecular flexibility index (Phi) is 10.9. The van der Waals surface area contributed by atoms with Gasteiger partial charge in [-0.05, 0) is 18.7 Å². The Morgan fingerprint density at radius 1 is 0.952 bits per heavy atom. The zero-order valence-corrected chi connectivity index (χ0v) is 13.0. The fourth-order valence-corrected chi connectivity index (χ4v) is 1.61. The predicted octanol–water partition coefficient (Wildman–Crippen LogP) is 0.997. The second-order valence-corrected chi connectivity index (χ2v) is 4.46. The van der Waals surface area contributed by atoms with E-state index in [9.17, 15) is 0 Å². The van der Waals surface area contributed by atoms with Crippen molar-refractivity contribution in [1.82, 2.24) is 10.3 Å². The van der Waals surface area contributed by atoms with E-state index in [1.54, 1.807) is 7.11 Å². The van der Waals surface area contributed by atoms with E-state index in [1.807, 2.05) is 19.3 Å². The highest BCUT2D eigenvalue weighted by Crippen LogP contribution is 2.01. The monoisotopic (exact) mass is 298 g/mol. The van der Waals surface area contributed by atoms with Crippen LogP contribution in [0.3, 0.4) is 0 Å². The lowest BCUT2D eigenvalue weighted by molar-refractivity contribution is 0.000466. The molecule has 0 aromatic carbocycles. The van der Waals surface area contributed by atoms with Crippen LogP contribution >= 0.6 is 0 Å². The van der Waals surface area contributed by atoms with Gasteiger partial charge in [-0.2, -0.15) is 0 Å². The van der Waals surface area contributed by atoms with Gasteiger partial charge in [0.25, 0.3) is 0 Å². The van der Waals surface area contributed by atoms with Gasteiger partial charge in [0.1, 0.15) is 0 Å². The lowest BCUT2D eigenvalue weighted by Gasteiger charge is -2.07. The van der Waals surface area contributed by atoms with Gasteiger partial charge < -0.3 is 24.3 Å². The Morgan fingerprint density at radius 3 is 2.19 bits per heavy atom. The van der Waals surface area contributed by atoms with E-state index in [-0.39, 0.29) is 0 Å². The Morgan fingerprint density at radius 2 is 1.62 bits per heavy atom. The molecule has 0 aliphatic carbocycles. The molecule has 1 rings (SSSR count). The van der Waals surface area contributed by atoms with Crippen LogP contribution in [0.1, 0.15) is 11.3 Å². The molecule has 1 aromatic rings. The van der Waals surface area contributed by atoms with Gasteiger partial charge in [0.05, 0.1) is 51.9 Å². The highest BCUT2D eigenvalue weighted by atomic mass is 16.6. The molecule has 0 bridgehead atoms. The standard InChI is InChI=1S/C15H26N2O4/c1-16-11-14-3-4-15(17-12-14)13-21-10-9-20-8-7-19-6-5-18-2/h3-4,12,16H,5-11,13H2,1-2H3. The van der Waals surface area contributed by atoms with Crippen LogP contribution < -0.4 is 5.32 Å². The minimum atomic E-state index is 0.507. The normalized spacial score (nSPS) is 11.0. The minimum absolute atomic E-state index is 0.507. The van der Waals surface area contributed by atoms with Gasteiger partial charge in [-0.15, -0.1) is 0 Å². The lowest BCUT2D eigenvalue weighted by Crippen LogP contribution is -2.11. The molecule has 6 nitrogen and oxygen atoms in total. The summed E-state index contributed by atoms with van der Waals surface area (Å²) in [7, 11) is 3.57. The SMILES string of the molecule is CNCc1ccc(COCCOCCOCCOC)nc1. The van der Waals surface area contributed by atoms with Crippen LogP contribution in [-0.2, 0) is 32.1 Å². The molecule has 0 radical (unpaired) electrons. The van der Waals surface area contributed by atoms with Crippen molar-refractivity contribution in [2.75, 3.05) is 53.8 Å². The first-order valence-electron chi connectivity index (χ1n) is 7.17. The van der Waals surface area contributed by atoms with E-state index in [4.69, 9.17) is 18.9 Å². The van der Waals surface area contributed by atoms with E-state index in [2.05, 4.69) is 16.4 Å². The number of pyridine rings is 1. The highest BCUT2D eigenvalue weighted by molar-refractivity contribution is 5.13. The summed E-state index contributed by atoms with van der Waals surface area (Å²) < 4.78 is 21.0. The van der Waals surface area contributed by atoms with Crippen molar-refractivity contribution >= 4 is 0 Å². The highest BCUT2D eigenvalue weighted by Gasteiger charge is 1.97. The van der Waals surface area contributed by atoms with E-state index < -0.39 is 0 Å². The van der Waals surface area contributed by atoms with Crippen LogP contribution in [0, 0.1) is 0 Å². The van der Waals surface area contributed by atoms with Crippen molar-refractivity contribution in [3.63, 3.8) is 0 Å². The number of methoxy groups -OCH3 is 1. The minimum Gasteiger partial charge on any atom is -0.382 e. The number of hydrogen-bond donors (Lipinski definition) is 1. The fraction of sp³-hybridized carbons (Fsp3) is 0.667. The van der Waals surface area contributed by atoms with Crippen molar-refractivity contribution in [1.29, 1.82) is 0 Å². The Balaban J connectivity index is 1.94. The maximum Gasteiger partial charge on any atom is 0.0889 e. The third kappa shape index (κ3) is 9.49. The molecule has 0 saturated heterocycles. The molecule has 21 heavy (non-hydrogen) atoms. The van der Waals surface area contributed by atoms with E-state index in [0.29, 0.717) is 46.2 Å². The topological polar surface area (TPSA) is 61.8 Å². The average molecular weight is 298 g/mol. The van der Waals surface area contributed by atoms with Gasteiger partial charge in [-0.25, -0.2) is 0 Å². The summed E-state index contributed by atoms with van der Waals surface area (Å²) in [5, 5.41) is 3.09. The Hall–Kier alpha value is -1.05. The van der Waals surface area contributed by atoms with Gasteiger partial charge in [0, 0.05) is 19.9 Å². The number of nitrogens with one attached hydrogen (secondary N) is 1. The molecule has 0 spiro atoms. The molecule has 0 aliphatic rings. The number of nitrogens with zero attached hydrogens (tertiary/aromatic N) is 1. The molecule has 1 aromatic heterocycles. The molecule has 0 atom stereocenters. The molecule has 0 saturated carbocycles. The molecule has 120 valence electrons. The summed E-state index contributed by atoms with van der Waals surface area (Å²) in [5.41, 5.74) is 2.09. The summed E-state index contributed by atoms with van der Waals surface area (Å²) in [5.74, 6) is 0. The van der Waals surface area contributed by atoms with Gasteiger partial charge in [0.2, 0.25) is 0 Å². The van der Waals surface area contributed by atoms with E-state index >= 15 is 0 Å². The van der Waals surface area contributed by atoms with Crippen molar-refractivity contribution in [2.45, 2.75) is 13.2 Å². The maximum atomic E-state index is 5.50. The van der Waals surface area contributed by atoms with Crippen molar-refractivity contribution in [2.24, 2.45) is 0 Å². The van der Waals surface area contributed by atoms with E-state index in [1.165, 1.54) is 0 Å². The van der Waals surface area contributed by atoms with Crippen molar-refractivity contribution in [3.05, 3.63) is 29.6 Å². The number of hydrogen-bond acceptors (Lipinski definition) is 6. The van der Waals surface area contributed by atoms with E-state index in [0.717, 1.165) is 17.8 Å². The first-order valence-corrected chi connectivity index (χ1v) is 7.17. The first kappa shape index (κ1) is 18.0. The second kappa shape index (κ2) is 12.7. The van der Waals surface area contributed by atoms with Gasteiger partial charge in [0.15, 0.2) is 0 Å². The van der Waals surface area contributed by atoms with Crippen molar-refractivity contribution < 1.29 is 18.9 Å². The third-order valence-corrected chi connectivity index (χ3v) is 2.69. The zero-order valence-electron chi connectivity index (χ0n) is 13.0. The summed E-state index contributed by atoms with van der Waals surface area (Å²) >= 11 is 0. The molecule has 0 unspecified atom stereocenters. The average Bonchev–Trinajstić information content (AvgIpc) is 2.51. The van der Waals surface area contributed by atoms with Crippen LogP contribution in [-0.4, -0.2) is 58.8 Å². The molecule has 6 heteroatoms. The van der Waals surface area contributed by atoms with Crippen LogP contribution in [0.5, 0.6) is 0 Å². The van der Waals surface area contributed by atoms with Crippen LogP contribution in [0.25, 0.3) is 0 Å². The maximum absolute atomic E-state index is 5.50. The largest absolute Gasteiger partial charge is 0.382 e. The van der Waals surface area contributed by atoms with Crippen LogP contribution in [0.2, 0.25) is 0 Å². The summed E-state index contributed by atoms with van der Waals surface area (Å²) in [6, 6.07) is 4.03. The number of ether oxygens (including phenoxy) is 4. The zero-order chi connectivity index (χ0) is 15.2. The third-order valence-electron chi connectivity index (χ3n) is 2.69. The van der Waals surface area contributed by atoms with Crippen LogP contribution in [0.15, 0.2) is 18.3 Å². The lowest BCUT2D eigenvalue weighted by atomic mass is 10.2. The smallest absolute Gasteiger partial charge is 0.0889 e. The molecule has 0 amide bonds. The molecule has 1 heterocycles. The van der Waals surface area contributed by atoms with Crippen LogP contribution in [0.4, 0.5) is 0 Å². The predicted molar refractivity (Wildman–Crippen MR) is 80.2 cm³/mol. The van der Waals surface area contributed by atoms with Crippen molar-refractivity contribution in [3.8, 4) is 0 Å². The Bertz CT molecular complexity index is 346.